The molecule has 0 spiro atoms. The summed E-state index contributed by atoms with van der Waals surface area (Å²) in [7, 11) is 0. The monoisotopic (exact) mass is 350 g/mol. The Morgan fingerprint density at radius 3 is 2.35 bits per heavy atom. The van der Waals surface area contributed by atoms with Gasteiger partial charge in [0.25, 0.3) is 0 Å². The molecule has 4 nitrogen and oxygen atoms in total. The Bertz CT molecular complexity index is 808. The van der Waals surface area contributed by atoms with E-state index < -0.39 is 0 Å². The Morgan fingerprint density at radius 1 is 1.04 bits per heavy atom. The summed E-state index contributed by atoms with van der Waals surface area (Å²) in [4.78, 5) is 28.4. The van der Waals surface area contributed by atoms with E-state index in [1.165, 1.54) is 11.1 Å². The first-order chi connectivity index (χ1) is 12.4. The molecule has 0 bridgehead atoms. The lowest BCUT2D eigenvalue weighted by Crippen LogP contribution is -2.39. The standard InChI is InChI=1S/C22H26N2O2/c1-16-12-17(2)14-21(13-16)24(18(3)25)11-9-22(26)23-10-8-19-6-4-5-7-20(19)15-23/h4-7,12-14H,8-11,15H2,1-3H3. The van der Waals surface area contributed by atoms with Crippen LogP contribution in [0.5, 0.6) is 0 Å². The summed E-state index contributed by atoms with van der Waals surface area (Å²) in [6, 6.07) is 14.4. The lowest BCUT2D eigenvalue weighted by molar-refractivity contribution is -0.131. The molecule has 1 aliphatic rings. The summed E-state index contributed by atoms with van der Waals surface area (Å²) in [5.74, 6) is 0.0712. The summed E-state index contributed by atoms with van der Waals surface area (Å²) in [5.41, 5.74) is 5.66. The minimum atomic E-state index is -0.0354. The summed E-state index contributed by atoms with van der Waals surface area (Å²) in [5, 5.41) is 0. The summed E-state index contributed by atoms with van der Waals surface area (Å²) in [6.45, 7) is 7.42. The van der Waals surface area contributed by atoms with Crippen molar-refractivity contribution in [1.82, 2.24) is 4.90 Å². The summed E-state index contributed by atoms with van der Waals surface area (Å²) >= 11 is 0. The highest BCUT2D eigenvalue weighted by Gasteiger charge is 2.21. The molecule has 2 aromatic rings. The Balaban J connectivity index is 1.66. The number of amides is 2. The van der Waals surface area contributed by atoms with Gasteiger partial charge < -0.3 is 9.80 Å². The van der Waals surface area contributed by atoms with E-state index in [0.29, 0.717) is 19.5 Å². The van der Waals surface area contributed by atoms with Crippen LogP contribution < -0.4 is 4.90 Å². The zero-order chi connectivity index (χ0) is 18.7. The van der Waals surface area contributed by atoms with Crippen molar-refractivity contribution in [2.75, 3.05) is 18.0 Å². The second-order valence-corrected chi connectivity index (χ2v) is 7.10. The predicted octanol–water partition coefficient (Wildman–Crippen LogP) is 3.63. The molecule has 0 radical (unpaired) electrons. The molecule has 1 aliphatic heterocycles. The van der Waals surface area contributed by atoms with Crippen molar-refractivity contribution in [3.63, 3.8) is 0 Å². The molecule has 1 heterocycles. The van der Waals surface area contributed by atoms with E-state index in [-0.39, 0.29) is 11.8 Å². The molecule has 2 aromatic carbocycles. The van der Waals surface area contributed by atoms with Crippen LogP contribution in [0, 0.1) is 13.8 Å². The van der Waals surface area contributed by atoms with Gasteiger partial charge in [0.1, 0.15) is 0 Å². The largest absolute Gasteiger partial charge is 0.338 e. The first-order valence-electron chi connectivity index (χ1n) is 9.15. The molecule has 2 amide bonds. The van der Waals surface area contributed by atoms with Gasteiger partial charge in [0, 0.05) is 38.7 Å². The van der Waals surface area contributed by atoms with Gasteiger partial charge in [-0.3, -0.25) is 9.59 Å². The van der Waals surface area contributed by atoms with E-state index in [1.807, 2.05) is 43.0 Å². The minimum Gasteiger partial charge on any atom is -0.338 e. The quantitative estimate of drug-likeness (QED) is 0.845. The van der Waals surface area contributed by atoms with Crippen molar-refractivity contribution in [3.8, 4) is 0 Å². The molecule has 0 N–H and O–H groups in total. The molecule has 0 atom stereocenters. The maximum atomic E-state index is 12.7. The molecule has 0 fully saturated rings. The van der Waals surface area contributed by atoms with E-state index in [1.54, 1.807) is 11.8 Å². The lowest BCUT2D eigenvalue weighted by Gasteiger charge is -2.30. The molecule has 0 saturated heterocycles. The number of aryl methyl sites for hydroxylation is 2. The molecule has 0 aromatic heterocycles. The molecule has 26 heavy (non-hydrogen) atoms. The number of rotatable bonds is 4. The number of nitrogens with zero attached hydrogens (tertiary/aromatic N) is 2. The molecule has 4 heteroatoms. The van der Waals surface area contributed by atoms with Crippen LogP contribution in [0.25, 0.3) is 0 Å². The molecule has 136 valence electrons. The third-order valence-corrected chi connectivity index (χ3v) is 4.93. The average molecular weight is 350 g/mol. The number of hydrogen-bond donors (Lipinski definition) is 0. The highest BCUT2D eigenvalue weighted by Crippen LogP contribution is 2.21. The second-order valence-electron chi connectivity index (χ2n) is 7.10. The van der Waals surface area contributed by atoms with Crippen LogP contribution in [-0.2, 0) is 22.6 Å². The molecule has 3 rings (SSSR count). The Morgan fingerprint density at radius 2 is 1.69 bits per heavy atom. The highest BCUT2D eigenvalue weighted by atomic mass is 16.2. The number of benzene rings is 2. The third-order valence-electron chi connectivity index (χ3n) is 4.93. The fourth-order valence-corrected chi connectivity index (χ4v) is 3.65. The number of carbonyl (C=O) groups is 2. The molecule has 0 unspecified atom stereocenters. The average Bonchev–Trinajstić information content (AvgIpc) is 2.60. The SMILES string of the molecule is CC(=O)N(CCC(=O)N1CCc2ccccc2C1)c1cc(C)cc(C)c1. The molecular weight excluding hydrogens is 324 g/mol. The normalized spacial score (nSPS) is 13.3. The maximum absolute atomic E-state index is 12.7. The van der Waals surface area contributed by atoms with Gasteiger partial charge in [0.2, 0.25) is 11.8 Å². The molecular formula is C22H26N2O2. The first kappa shape index (κ1) is 18.2. The smallest absolute Gasteiger partial charge is 0.224 e. The van der Waals surface area contributed by atoms with Crippen LogP contribution in [0.3, 0.4) is 0 Å². The van der Waals surface area contributed by atoms with Gasteiger partial charge in [-0.25, -0.2) is 0 Å². The molecule has 0 saturated carbocycles. The Hall–Kier alpha value is -2.62. The van der Waals surface area contributed by atoms with E-state index in [4.69, 9.17) is 0 Å². The second kappa shape index (κ2) is 7.73. The van der Waals surface area contributed by atoms with Crippen LogP contribution in [0.2, 0.25) is 0 Å². The zero-order valence-corrected chi connectivity index (χ0v) is 15.8. The zero-order valence-electron chi connectivity index (χ0n) is 15.8. The van der Waals surface area contributed by atoms with E-state index in [0.717, 1.165) is 29.8 Å². The minimum absolute atomic E-state index is 0.0354. The van der Waals surface area contributed by atoms with Crippen molar-refractivity contribution in [3.05, 3.63) is 64.7 Å². The Kier molecular flexibility index (Phi) is 5.40. The van der Waals surface area contributed by atoms with Gasteiger partial charge in [-0.2, -0.15) is 0 Å². The van der Waals surface area contributed by atoms with E-state index in [9.17, 15) is 9.59 Å². The van der Waals surface area contributed by atoms with Gasteiger partial charge >= 0.3 is 0 Å². The van der Waals surface area contributed by atoms with Crippen LogP contribution in [0.1, 0.15) is 35.6 Å². The number of fused-ring (bicyclic) bond motifs is 1. The van der Waals surface area contributed by atoms with Gasteiger partial charge in [-0.05, 0) is 54.7 Å². The highest BCUT2D eigenvalue weighted by molar-refractivity contribution is 5.92. The maximum Gasteiger partial charge on any atom is 0.224 e. The number of carbonyl (C=O) groups excluding carboxylic acids is 2. The fourth-order valence-electron chi connectivity index (χ4n) is 3.65. The van der Waals surface area contributed by atoms with Crippen molar-refractivity contribution < 1.29 is 9.59 Å². The van der Waals surface area contributed by atoms with Crippen molar-refractivity contribution in [2.45, 2.75) is 40.2 Å². The summed E-state index contributed by atoms with van der Waals surface area (Å²) in [6.07, 6.45) is 1.24. The van der Waals surface area contributed by atoms with Crippen molar-refractivity contribution in [2.24, 2.45) is 0 Å². The predicted molar refractivity (Wildman–Crippen MR) is 104 cm³/mol. The number of hydrogen-bond acceptors (Lipinski definition) is 2. The van der Waals surface area contributed by atoms with Crippen LogP contribution in [0.4, 0.5) is 5.69 Å². The van der Waals surface area contributed by atoms with Gasteiger partial charge in [0.05, 0.1) is 0 Å². The van der Waals surface area contributed by atoms with Crippen molar-refractivity contribution in [1.29, 1.82) is 0 Å². The summed E-state index contributed by atoms with van der Waals surface area (Å²) < 4.78 is 0. The lowest BCUT2D eigenvalue weighted by atomic mass is 10.00. The topological polar surface area (TPSA) is 40.6 Å². The van der Waals surface area contributed by atoms with Crippen LogP contribution in [-0.4, -0.2) is 29.8 Å². The van der Waals surface area contributed by atoms with Gasteiger partial charge in [-0.1, -0.05) is 30.3 Å². The van der Waals surface area contributed by atoms with Crippen LogP contribution >= 0.6 is 0 Å². The third kappa shape index (κ3) is 4.13. The fraction of sp³-hybridized carbons (Fsp3) is 0.364. The first-order valence-corrected chi connectivity index (χ1v) is 9.15. The van der Waals surface area contributed by atoms with Gasteiger partial charge in [0.15, 0.2) is 0 Å². The van der Waals surface area contributed by atoms with E-state index >= 15 is 0 Å². The van der Waals surface area contributed by atoms with Crippen molar-refractivity contribution >= 4 is 17.5 Å². The van der Waals surface area contributed by atoms with Gasteiger partial charge in [-0.15, -0.1) is 0 Å². The van der Waals surface area contributed by atoms with Crippen LogP contribution in [0.15, 0.2) is 42.5 Å². The number of anilines is 1. The Labute approximate surface area is 155 Å². The van der Waals surface area contributed by atoms with E-state index in [2.05, 4.69) is 18.2 Å². The molecule has 0 aliphatic carbocycles.